The monoisotopic (exact) mass is 297 g/mol. The number of hydrogen-bond donors (Lipinski definition) is 1. The number of fused-ring (bicyclic) bond motifs is 1. The minimum atomic E-state index is -0.200. The summed E-state index contributed by atoms with van der Waals surface area (Å²) in [5, 5.41) is 7.69. The fraction of sp³-hybridized carbons (Fsp3) is 0.188. The van der Waals surface area contributed by atoms with Crippen molar-refractivity contribution in [2.45, 2.75) is 19.4 Å². The highest BCUT2D eigenvalue weighted by Crippen LogP contribution is 2.13. The first-order chi connectivity index (χ1) is 10.7. The van der Waals surface area contributed by atoms with Crippen LogP contribution in [0.4, 0.5) is 0 Å². The van der Waals surface area contributed by atoms with Gasteiger partial charge in [-0.3, -0.25) is 9.59 Å². The van der Waals surface area contributed by atoms with Crippen molar-refractivity contribution in [2.75, 3.05) is 0 Å². The maximum Gasteiger partial charge on any atom is 0.247 e. The molecule has 1 amide bonds. The average molecular weight is 297 g/mol. The van der Waals surface area contributed by atoms with Crippen molar-refractivity contribution in [3.05, 3.63) is 54.6 Å². The fourth-order valence-electron chi connectivity index (χ4n) is 2.18. The number of carbonyl (C=O) groups is 2. The number of nitrogens with zero attached hydrogens (tertiary/aromatic N) is 2. The van der Waals surface area contributed by atoms with Crippen molar-refractivity contribution in [1.29, 1.82) is 0 Å². The summed E-state index contributed by atoms with van der Waals surface area (Å²) >= 11 is 0. The lowest BCUT2D eigenvalue weighted by Gasteiger charge is -2.04. The second kappa shape index (κ2) is 6.26. The van der Waals surface area contributed by atoms with Crippen LogP contribution in [0, 0.1) is 0 Å². The van der Waals surface area contributed by atoms with Crippen LogP contribution in [0.2, 0.25) is 0 Å². The Morgan fingerprint density at radius 1 is 1.14 bits per heavy atom. The molecule has 0 unspecified atom stereocenters. The zero-order chi connectivity index (χ0) is 15.4. The van der Waals surface area contributed by atoms with Crippen LogP contribution in [0.3, 0.4) is 0 Å². The van der Waals surface area contributed by atoms with E-state index in [1.807, 2.05) is 24.3 Å². The number of aromatic nitrogens is 2. The molecular formula is C16H15N3O3. The zero-order valence-corrected chi connectivity index (χ0v) is 11.9. The Hall–Kier alpha value is -2.89. The van der Waals surface area contributed by atoms with Crippen molar-refractivity contribution < 1.29 is 14.0 Å². The van der Waals surface area contributed by atoms with E-state index >= 15 is 0 Å². The standard InChI is InChI=1S/C16H15N3O3/c20-15(17-11-13-5-3-9-22-13)7-8-16(21)19-14-6-2-1-4-12(14)10-18-19/h1-6,9-10H,7-8,11H2,(H,17,20). The molecule has 0 fully saturated rings. The highest BCUT2D eigenvalue weighted by Gasteiger charge is 2.12. The van der Waals surface area contributed by atoms with Gasteiger partial charge >= 0.3 is 0 Å². The largest absolute Gasteiger partial charge is 0.467 e. The van der Waals surface area contributed by atoms with E-state index in [2.05, 4.69) is 10.4 Å². The molecule has 0 saturated carbocycles. The van der Waals surface area contributed by atoms with Crippen molar-refractivity contribution in [1.82, 2.24) is 15.1 Å². The van der Waals surface area contributed by atoms with Crippen molar-refractivity contribution >= 4 is 22.7 Å². The maximum absolute atomic E-state index is 12.2. The third kappa shape index (κ3) is 3.06. The minimum Gasteiger partial charge on any atom is -0.467 e. The molecule has 0 aliphatic heterocycles. The predicted octanol–water partition coefficient (Wildman–Crippen LogP) is 2.37. The van der Waals surface area contributed by atoms with Crippen LogP contribution < -0.4 is 5.32 Å². The minimum absolute atomic E-state index is 0.107. The molecule has 2 aromatic heterocycles. The number of nitrogens with one attached hydrogen (secondary N) is 1. The molecule has 1 aromatic carbocycles. The van der Waals surface area contributed by atoms with Crippen LogP contribution in [0.15, 0.2) is 53.3 Å². The molecule has 2 heterocycles. The van der Waals surface area contributed by atoms with Crippen molar-refractivity contribution in [2.24, 2.45) is 0 Å². The van der Waals surface area contributed by atoms with Crippen molar-refractivity contribution in [3.8, 4) is 0 Å². The van der Waals surface area contributed by atoms with Crippen molar-refractivity contribution in [3.63, 3.8) is 0 Å². The summed E-state index contributed by atoms with van der Waals surface area (Å²) in [6.45, 7) is 0.324. The normalized spacial score (nSPS) is 10.7. The van der Waals surface area contributed by atoms with Gasteiger partial charge in [-0.05, 0) is 18.2 Å². The number of furan rings is 1. The van der Waals surface area contributed by atoms with E-state index in [1.165, 1.54) is 4.68 Å². The quantitative estimate of drug-likeness (QED) is 0.784. The summed E-state index contributed by atoms with van der Waals surface area (Å²) in [4.78, 5) is 23.9. The molecule has 0 aliphatic carbocycles. The molecule has 3 rings (SSSR count). The van der Waals surface area contributed by atoms with Crippen LogP contribution in [0.5, 0.6) is 0 Å². The van der Waals surface area contributed by atoms with Gasteiger partial charge < -0.3 is 9.73 Å². The molecule has 22 heavy (non-hydrogen) atoms. The van der Waals surface area contributed by atoms with Gasteiger partial charge in [-0.1, -0.05) is 18.2 Å². The number of para-hydroxylation sites is 1. The molecule has 112 valence electrons. The van der Waals surface area contributed by atoms with Gasteiger partial charge in [-0.15, -0.1) is 0 Å². The Bertz CT molecular complexity index is 790. The first-order valence-electron chi connectivity index (χ1n) is 6.99. The van der Waals surface area contributed by atoms with E-state index in [9.17, 15) is 9.59 Å². The van der Waals surface area contributed by atoms with Crippen LogP contribution in [0.1, 0.15) is 23.4 Å². The molecule has 6 nitrogen and oxygen atoms in total. The second-order valence-electron chi connectivity index (χ2n) is 4.87. The van der Waals surface area contributed by atoms with Crippen LogP contribution in [-0.2, 0) is 11.3 Å². The van der Waals surface area contributed by atoms with Gasteiger partial charge in [-0.2, -0.15) is 5.10 Å². The Balaban J connectivity index is 1.54. The smallest absolute Gasteiger partial charge is 0.247 e. The van der Waals surface area contributed by atoms with Gasteiger partial charge in [0.2, 0.25) is 11.8 Å². The Labute approximate surface area is 126 Å². The van der Waals surface area contributed by atoms with Gasteiger partial charge in [-0.25, -0.2) is 4.68 Å². The highest BCUT2D eigenvalue weighted by atomic mass is 16.3. The first kappa shape index (κ1) is 14.1. The lowest BCUT2D eigenvalue weighted by Crippen LogP contribution is -2.24. The SMILES string of the molecule is O=C(CCC(=O)n1ncc2ccccc21)NCc1ccco1. The molecule has 0 saturated heterocycles. The molecule has 0 radical (unpaired) electrons. The van der Waals surface area contributed by atoms with Crippen LogP contribution in [0.25, 0.3) is 10.9 Å². The lowest BCUT2D eigenvalue weighted by molar-refractivity contribution is -0.121. The Morgan fingerprint density at radius 3 is 2.82 bits per heavy atom. The molecule has 6 heteroatoms. The number of hydrogen-bond acceptors (Lipinski definition) is 4. The summed E-state index contributed by atoms with van der Waals surface area (Å²) in [6.07, 6.45) is 3.42. The molecule has 0 aliphatic rings. The summed E-state index contributed by atoms with van der Waals surface area (Å²) in [5.74, 6) is 0.285. The predicted molar refractivity (Wildman–Crippen MR) is 80.1 cm³/mol. The third-order valence-electron chi connectivity index (χ3n) is 3.32. The Kier molecular flexibility index (Phi) is 4.00. The topological polar surface area (TPSA) is 77.1 Å². The Morgan fingerprint density at radius 2 is 2.00 bits per heavy atom. The van der Waals surface area contributed by atoms with Crippen LogP contribution in [-0.4, -0.2) is 21.6 Å². The average Bonchev–Trinajstić information content (AvgIpc) is 3.19. The van der Waals surface area contributed by atoms with E-state index in [4.69, 9.17) is 4.42 Å². The van der Waals surface area contributed by atoms with E-state index in [-0.39, 0.29) is 24.7 Å². The first-order valence-corrected chi connectivity index (χ1v) is 6.99. The number of rotatable bonds is 5. The number of carbonyl (C=O) groups excluding carboxylic acids is 2. The molecule has 3 aromatic rings. The van der Waals surface area contributed by atoms with Gasteiger partial charge in [0, 0.05) is 18.2 Å². The van der Waals surface area contributed by atoms with E-state index in [0.717, 1.165) is 10.9 Å². The second-order valence-corrected chi connectivity index (χ2v) is 4.87. The molecule has 0 bridgehead atoms. The van der Waals surface area contributed by atoms with Gasteiger partial charge in [0.15, 0.2) is 0 Å². The molecule has 0 atom stereocenters. The summed E-state index contributed by atoms with van der Waals surface area (Å²) in [5.41, 5.74) is 0.753. The van der Waals surface area contributed by atoms with Gasteiger partial charge in [0.05, 0.1) is 24.5 Å². The summed E-state index contributed by atoms with van der Waals surface area (Å²) in [6, 6.07) is 11.0. The molecule has 1 N–H and O–H groups in total. The van der Waals surface area contributed by atoms with Gasteiger partial charge in [0.25, 0.3) is 0 Å². The van der Waals surface area contributed by atoms with Gasteiger partial charge in [0.1, 0.15) is 5.76 Å². The fourth-order valence-corrected chi connectivity index (χ4v) is 2.18. The number of amides is 1. The molecular weight excluding hydrogens is 282 g/mol. The van der Waals surface area contributed by atoms with E-state index < -0.39 is 0 Å². The highest BCUT2D eigenvalue weighted by molar-refractivity contribution is 5.92. The van der Waals surface area contributed by atoms with E-state index in [1.54, 1.807) is 24.6 Å². The molecule has 0 spiro atoms. The summed E-state index contributed by atoms with van der Waals surface area (Å²) < 4.78 is 6.46. The number of benzene rings is 1. The third-order valence-corrected chi connectivity index (χ3v) is 3.32. The lowest BCUT2D eigenvalue weighted by atomic mass is 10.2. The zero-order valence-electron chi connectivity index (χ0n) is 11.9. The van der Waals surface area contributed by atoms with Crippen LogP contribution >= 0.6 is 0 Å². The van der Waals surface area contributed by atoms with E-state index in [0.29, 0.717) is 12.3 Å². The summed E-state index contributed by atoms with van der Waals surface area (Å²) in [7, 11) is 0. The maximum atomic E-state index is 12.2.